The van der Waals surface area contributed by atoms with E-state index in [0.717, 1.165) is 0 Å². The molecule has 18 heavy (non-hydrogen) atoms. The molecule has 0 heterocycles. The van der Waals surface area contributed by atoms with Crippen LogP contribution < -0.4 is 15.2 Å². The Kier molecular flexibility index (Phi) is 5.91. The molecule has 0 radical (unpaired) electrons. The number of nitrogens with two attached hydrogens (primary N) is 1. The van der Waals surface area contributed by atoms with E-state index in [1.54, 1.807) is 32.4 Å². The lowest BCUT2D eigenvalue weighted by atomic mass is 9.99. The fourth-order valence-corrected chi connectivity index (χ4v) is 1.77. The zero-order valence-electron chi connectivity index (χ0n) is 10.8. The van der Waals surface area contributed by atoms with Crippen LogP contribution in [0.4, 0.5) is 0 Å². The zero-order valence-corrected chi connectivity index (χ0v) is 10.8. The SMILES string of the molecule is COc1ccc(C(O)C(N)CCCO)cc1OC. The second kappa shape index (κ2) is 7.20. The van der Waals surface area contributed by atoms with Crippen molar-refractivity contribution in [3.8, 4) is 11.5 Å². The van der Waals surface area contributed by atoms with Crippen LogP contribution in [-0.4, -0.2) is 37.1 Å². The van der Waals surface area contributed by atoms with E-state index >= 15 is 0 Å². The average molecular weight is 255 g/mol. The molecule has 0 aliphatic heterocycles. The van der Waals surface area contributed by atoms with Gasteiger partial charge in [-0.15, -0.1) is 0 Å². The summed E-state index contributed by atoms with van der Waals surface area (Å²) in [5.41, 5.74) is 6.54. The highest BCUT2D eigenvalue weighted by Gasteiger charge is 2.18. The van der Waals surface area contributed by atoms with Crippen LogP contribution >= 0.6 is 0 Å². The van der Waals surface area contributed by atoms with Crippen molar-refractivity contribution in [2.45, 2.75) is 25.0 Å². The number of rotatable bonds is 7. The van der Waals surface area contributed by atoms with Crippen molar-refractivity contribution in [3.05, 3.63) is 23.8 Å². The zero-order chi connectivity index (χ0) is 13.5. The molecule has 0 aliphatic rings. The molecule has 1 aromatic rings. The number of methoxy groups -OCH3 is 2. The molecule has 1 rings (SSSR count). The smallest absolute Gasteiger partial charge is 0.161 e. The Labute approximate surface area is 107 Å². The van der Waals surface area contributed by atoms with Crippen molar-refractivity contribution >= 4 is 0 Å². The summed E-state index contributed by atoms with van der Waals surface area (Å²) in [4.78, 5) is 0. The largest absolute Gasteiger partial charge is 0.493 e. The van der Waals surface area contributed by atoms with E-state index in [-0.39, 0.29) is 6.61 Å². The first-order valence-electron chi connectivity index (χ1n) is 5.90. The predicted molar refractivity (Wildman–Crippen MR) is 68.8 cm³/mol. The van der Waals surface area contributed by atoms with Crippen molar-refractivity contribution in [2.24, 2.45) is 5.73 Å². The van der Waals surface area contributed by atoms with Crippen molar-refractivity contribution in [1.82, 2.24) is 0 Å². The molecule has 2 atom stereocenters. The summed E-state index contributed by atoms with van der Waals surface area (Å²) in [5.74, 6) is 1.17. The Morgan fingerprint density at radius 2 is 1.89 bits per heavy atom. The summed E-state index contributed by atoms with van der Waals surface area (Å²) in [6.45, 7) is 0.0757. The third kappa shape index (κ3) is 3.60. The highest BCUT2D eigenvalue weighted by atomic mass is 16.5. The van der Waals surface area contributed by atoms with Crippen LogP contribution in [0.3, 0.4) is 0 Å². The molecule has 5 nitrogen and oxygen atoms in total. The summed E-state index contributed by atoms with van der Waals surface area (Å²) >= 11 is 0. The van der Waals surface area contributed by atoms with Gasteiger partial charge < -0.3 is 25.4 Å². The van der Waals surface area contributed by atoms with Crippen LogP contribution in [0.25, 0.3) is 0 Å². The Hall–Kier alpha value is -1.30. The first-order chi connectivity index (χ1) is 8.63. The second-order valence-electron chi connectivity index (χ2n) is 4.09. The molecule has 0 saturated heterocycles. The topological polar surface area (TPSA) is 84.9 Å². The lowest BCUT2D eigenvalue weighted by Gasteiger charge is -2.20. The average Bonchev–Trinajstić information content (AvgIpc) is 2.42. The molecule has 1 aromatic carbocycles. The fraction of sp³-hybridized carbons (Fsp3) is 0.538. The Morgan fingerprint density at radius 3 is 2.44 bits per heavy atom. The van der Waals surface area contributed by atoms with Gasteiger partial charge in [0.15, 0.2) is 11.5 Å². The van der Waals surface area contributed by atoms with E-state index in [1.165, 1.54) is 0 Å². The van der Waals surface area contributed by atoms with Crippen LogP contribution in [0.15, 0.2) is 18.2 Å². The van der Waals surface area contributed by atoms with Crippen molar-refractivity contribution < 1.29 is 19.7 Å². The monoisotopic (exact) mass is 255 g/mol. The Balaban J connectivity index is 2.82. The molecule has 4 N–H and O–H groups in total. The first kappa shape index (κ1) is 14.8. The van der Waals surface area contributed by atoms with Gasteiger partial charge in [-0.25, -0.2) is 0 Å². The molecule has 0 aliphatic carbocycles. The van der Waals surface area contributed by atoms with Crippen LogP contribution in [0.2, 0.25) is 0 Å². The maximum absolute atomic E-state index is 10.1. The quantitative estimate of drug-likeness (QED) is 0.672. The fourth-order valence-electron chi connectivity index (χ4n) is 1.77. The van der Waals surface area contributed by atoms with E-state index in [1.807, 2.05) is 0 Å². The molecule has 0 amide bonds. The number of aliphatic hydroxyl groups is 2. The van der Waals surface area contributed by atoms with E-state index in [0.29, 0.717) is 29.9 Å². The van der Waals surface area contributed by atoms with E-state index in [4.69, 9.17) is 20.3 Å². The number of ether oxygens (including phenoxy) is 2. The van der Waals surface area contributed by atoms with E-state index < -0.39 is 12.1 Å². The normalized spacial score (nSPS) is 14.1. The maximum Gasteiger partial charge on any atom is 0.161 e. The standard InChI is InChI=1S/C13H21NO4/c1-17-11-6-5-9(8-12(11)18-2)13(16)10(14)4-3-7-15/h5-6,8,10,13,15-16H,3-4,7,14H2,1-2H3. The first-order valence-corrected chi connectivity index (χ1v) is 5.90. The minimum Gasteiger partial charge on any atom is -0.493 e. The summed E-state index contributed by atoms with van der Waals surface area (Å²) in [6, 6.07) is 4.79. The molecule has 0 spiro atoms. The van der Waals surface area contributed by atoms with Gasteiger partial charge >= 0.3 is 0 Å². The molecule has 0 aromatic heterocycles. The van der Waals surface area contributed by atoms with Crippen molar-refractivity contribution in [3.63, 3.8) is 0 Å². The van der Waals surface area contributed by atoms with Crippen LogP contribution in [-0.2, 0) is 0 Å². The van der Waals surface area contributed by atoms with Gasteiger partial charge in [-0.2, -0.15) is 0 Å². The number of benzene rings is 1. The van der Waals surface area contributed by atoms with Crippen molar-refractivity contribution in [2.75, 3.05) is 20.8 Å². The molecule has 102 valence electrons. The molecule has 2 unspecified atom stereocenters. The highest BCUT2D eigenvalue weighted by molar-refractivity contribution is 5.43. The number of aliphatic hydroxyl groups excluding tert-OH is 2. The second-order valence-corrected chi connectivity index (χ2v) is 4.09. The Bertz CT molecular complexity index is 370. The number of hydrogen-bond acceptors (Lipinski definition) is 5. The minimum absolute atomic E-state index is 0.0757. The van der Waals surface area contributed by atoms with Gasteiger partial charge in [0.25, 0.3) is 0 Å². The van der Waals surface area contributed by atoms with Gasteiger partial charge in [-0.3, -0.25) is 0 Å². The third-order valence-electron chi connectivity index (χ3n) is 2.85. The summed E-state index contributed by atoms with van der Waals surface area (Å²) in [6.07, 6.45) is 0.355. The molecular weight excluding hydrogens is 234 g/mol. The van der Waals surface area contributed by atoms with E-state index in [9.17, 15) is 5.11 Å². The molecule has 0 fully saturated rings. The van der Waals surface area contributed by atoms with Crippen LogP contribution in [0.5, 0.6) is 11.5 Å². The lowest BCUT2D eigenvalue weighted by Crippen LogP contribution is -2.28. The summed E-state index contributed by atoms with van der Waals surface area (Å²) in [7, 11) is 3.10. The molecular formula is C13H21NO4. The minimum atomic E-state index is -0.781. The van der Waals surface area contributed by atoms with Crippen molar-refractivity contribution in [1.29, 1.82) is 0 Å². The summed E-state index contributed by atoms with van der Waals surface area (Å²) < 4.78 is 10.3. The van der Waals surface area contributed by atoms with Gasteiger partial charge in [0.1, 0.15) is 0 Å². The molecule has 5 heteroatoms. The van der Waals surface area contributed by atoms with Gasteiger partial charge in [-0.05, 0) is 30.5 Å². The van der Waals surface area contributed by atoms with Gasteiger partial charge in [0.2, 0.25) is 0 Å². The van der Waals surface area contributed by atoms with E-state index in [2.05, 4.69) is 0 Å². The molecule has 0 saturated carbocycles. The highest BCUT2D eigenvalue weighted by Crippen LogP contribution is 2.31. The summed E-state index contributed by atoms with van der Waals surface area (Å²) in [5, 5.41) is 18.8. The maximum atomic E-state index is 10.1. The number of hydrogen-bond donors (Lipinski definition) is 3. The van der Waals surface area contributed by atoms with Crippen LogP contribution in [0, 0.1) is 0 Å². The lowest BCUT2D eigenvalue weighted by molar-refractivity contribution is 0.136. The van der Waals surface area contributed by atoms with Gasteiger partial charge in [-0.1, -0.05) is 6.07 Å². The third-order valence-corrected chi connectivity index (χ3v) is 2.85. The van der Waals surface area contributed by atoms with Gasteiger partial charge in [0, 0.05) is 12.6 Å². The van der Waals surface area contributed by atoms with Gasteiger partial charge in [0.05, 0.1) is 20.3 Å². The molecule has 0 bridgehead atoms. The Morgan fingerprint density at radius 1 is 1.22 bits per heavy atom. The van der Waals surface area contributed by atoms with Crippen LogP contribution in [0.1, 0.15) is 24.5 Å². The predicted octanol–water partition coefficient (Wildman–Crippen LogP) is 0.837.